The Morgan fingerprint density at radius 1 is 1.23 bits per heavy atom. The second-order valence-electron chi connectivity index (χ2n) is 6.60. The lowest BCUT2D eigenvalue weighted by Crippen LogP contribution is -2.10. The average Bonchev–Trinajstić information content (AvgIpc) is 3.25. The molecule has 3 heterocycles. The molecule has 0 bridgehead atoms. The van der Waals surface area contributed by atoms with Gasteiger partial charge >= 0.3 is 11.6 Å². The molecule has 0 fully saturated rings. The standard InChI is InChI=1S/C20H19N7O3/c1-14-6-7-15-4-2-5-16(17(15)25-14)30-20-18(27(28)29)19(23-12-24-20)22-8-3-10-26-11-9-21-13-26/h2,4-7,9,11-13H,3,8,10H2,1H3,(H,22,23,24). The first kappa shape index (κ1) is 19.2. The van der Waals surface area contributed by atoms with Gasteiger partial charge in [-0.2, -0.15) is 4.98 Å². The van der Waals surface area contributed by atoms with Crippen molar-refractivity contribution in [3.05, 3.63) is 71.2 Å². The van der Waals surface area contributed by atoms with Crippen LogP contribution in [-0.4, -0.2) is 36.0 Å². The van der Waals surface area contributed by atoms with Crippen LogP contribution in [0.3, 0.4) is 0 Å². The van der Waals surface area contributed by atoms with Gasteiger partial charge in [0.15, 0.2) is 5.75 Å². The summed E-state index contributed by atoms with van der Waals surface area (Å²) < 4.78 is 7.77. The Hall–Kier alpha value is -4.08. The second kappa shape index (κ2) is 8.52. The van der Waals surface area contributed by atoms with Gasteiger partial charge in [-0.3, -0.25) is 10.1 Å². The predicted octanol–water partition coefficient (Wildman–Crippen LogP) is 3.73. The summed E-state index contributed by atoms with van der Waals surface area (Å²) in [6.45, 7) is 3.09. The van der Waals surface area contributed by atoms with Crippen molar-refractivity contribution in [3.8, 4) is 11.6 Å². The maximum absolute atomic E-state index is 11.7. The van der Waals surface area contributed by atoms with Crippen LogP contribution in [0.1, 0.15) is 12.1 Å². The fraction of sp³-hybridized carbons (Fsp3) is 0.200. The van der Waals surface area contributed by atoms with Crippen molar-refractivity contribution in [1.29, 1.82) is 0 Å². The van der Waals surface area contributed by atoms with Crippen LogP contribution in [0.25, 0.3) is 10.9 Å². The fourth-order valence-electron chi connectivity index (χ4n) is 3.02. The van der Waals surface area contributed by atoms with E-state index in [0.29, 0.717) is 17.8 Å². The van der Waals surface area contributed by atoms with E-state index in [2.05, 4.69) is 25.3 Å². The Morgan fingerprint density at radius 3 is 2.93 bits per heavy atom. The number of anilines is 1. The number of para-hydroxylation sites is 1. The largest absolute Gasteiger partial charge is 0.431 e. The third kappa shape index (κ3) is 4.17. The molecule has 10 nitrogen and oxygen atoms in total. The van der Waals surface area contributed by atoms with Crippen LogP contribution >= 0.6 is 0 Å². The quantitative estimate of drug-likeness (QED) is 0.267. The Labute approximate surface area is 171 Å². The molecule has 4 rings (SSSR count). The minimum Gasteiger partial charge on any atom is -0.431 e. The first-order valence-corrected chi connectivity index (χ1v) is 9.35. The number of imidazole rings is 1. The van der Waals surface area contributed by atoms with E-state index in [1.54, 1.807) is 24.7 Å². The topological polar surface area (TPSA) is 121 Å². The molecule has 0 saturated carbocycles. The van der Waals surface area contributed by atoms with Crippen molar-refractivity contribution in [2.75, 3.05) is 11.9 Å². The highest BCUT2D eigenvalue weighted by molar-refractivity contribution is 5.85. The summed E-state index contributed by atoms with van der Waals surface area (Å²) in [6.07, 6.45) is 7.26. The minimum atomic E-state index is -0.544. The predicted molar refractivity (Wildman–Crippen MR) is 111 cm³/mol. The Morgan fingerprint density at radius 2 is 2.13 bits per heavy atom. The molecule has 1 aromatic carbocycles. The molecule has 0 amide bonds. The van der Waals surface area contributed by atoms with Crippen LogP contribution in [0, 0.1) is 17.0 Å². The summed E-state index contributed by atoms with van der Waals surface area (Å²) >= 11 is 0. The summed E-state index contributed by atoms with van der Waals surface area (Å²) in [5.41, 5.74) is 1.11. The monoisotopic (exact) mass is 405 g/mol. The van der Waals surface area contributed by atoms with Crippen molar-refractivity contribution in [2.24, 2.45) is 0 Å². The number of ether oxygens (including phenoxy) is 1. The molecule has 0 unspecified atom stereocenters. The molecular formula is C20H19N7O3. The van der Waals surface area contributed by atoms with E-state index in [0.717, 1.165) is 24.0 Å². The molecule has 30 heavy (non-hydrogen) atoms. The Kier molecular flexibility index (Phi) is 5.46. The molecule has 1 N–H and O–H groups in total. The number of pyridine rings is 1. The van der Waals surface area contributed by atoms with Gasteiger partial charge in [0.05, 0.1) is 11.3 Å². The lowest BCUT2D eigenvalue weighted by Gasteiger charge is -2.11. The zero-order chi connectivity index (χ0) is 20.9. The molecular weight excluding hydrogens is 386 g/mol. The summed E-state index contributed by atoms with van der Waals surface area (Å²) in [7, 11) is 0. The molecule has 0 atom stereocenters. The van der Waals surface area contributed by atoms with Crippen molar-refractivity contribution < 1.29 is 9.66 Å². The van der Waals surface area contributed by atoms with E-state index in [-0.39, 0.29) is 17.4 Å². The maximum atomic E-state index is 11.7. The van der Waals surface area contributed by atoms with Gasteiger partial charge in [0.2, 0.25) is 5.82 Å². The maximum Gasteiger partial charge on any atom is 0.373 e. The van der Waals surface area contributed by atoms with Gasteiger partial charge in [0.1, 0.15) is 11.8 Å². The van der Waals surface area contributed by atoms with E-state index >= 15 is 0 Å². The highest BCUT2D eigenvalue weighted by Crippen LogP contribution is 2.36. The van der Waals surface area contributed by atoms with Crippen molar-refractivity contribution in [1.82, 2.24) is 24.5 Å². The number of fused-ring (bicyclic) bond motifs is 1. The number of nitro groups is 1. The summed E-state index contributed by atoms with van der Waals surface area (Å²) in [5.74, 6) is 0.368. The zero-order valence-corrected chi connectivity index (χ0v) is 16.2. The minimum absolute atomic E-state index is 0.111. The molecule has 0 spiro atoms. The van der Waals surface area contributed by atoms with E-state index in [1.807, 2.05) is 35.9 Å². The number of rotatable bonds is 8. The van der Waals surface area contributed by atoms with Gasteiger partial charge in [0.25, 0.3) is 0 Å². The van der Waals surface area contributed by atoms with Crippen molar-refractivity contribution >= 4 is 22.4 Å². The van der Waals surface area contributed by atoms with Gasteiger partial charge in [-0.25, -0.2) is 15.0 Å². The van der Waals surface area contributed by atoms with Crippen LogP contribution in [0.4, 0.5) is 11.5 Å². The van der Waals surface area contributed by atoms with E-state index < -0.39 is 4.92 Å². The number of aromatic nitrogens is 5. The third-order valence-corrected chi connectivity index (χ3v) is 4.45. The fourth-order valence-corrected chi connectivity index (χ4v) is 3.02. The first-order valence-electron chi connectivity index (χ1n) is 9.35. The normalized spacial score (nSPS) is 10.8. The van der Waals surface area contributed by atoms with Crippen molar-refractivity contribution in [2.45, 2.75) is 19.9 Å². The molecule has 0 aliphatic rings. The molecule has 0 aliphatic carbocycles. The summed E-state index contributed by atoms with van der Waals surface area (Å²) in [4.78, 5) is 27.7. The lowest BCUT2D eigenvalue weighted by molar-refractivity contribution is -0.385. The van der Waals surface area contributed by atoms with Crippen molar-refractivity contribution in [3.63, 3.8) is 0 Å². The SMILES string of the molecule is Cc1ccc2cccc(Oc3ncnc(NCCCn4ccnc4)c3[N+](=O)[O-])c2n1. The molecule has 152 valence electrons. The Balaban J connectivity index is 1.57. The van der Waals surface area contributed by atoms with Crippen LogP contribution in [0.2, 0.25) is 0 Å². The van der Waals surface area contributed by atoms with Crippen LogP contribution in [-0.2, 0) is 6.54 Å². The van der Waals surface area contributed by atoms with Crippen LogP contribution < -0.4 is 10.1 Å². The van der Waals surface area contributed by atoms with E-state index in [4.69, 9.17) is 4.74 Å². The Bertz CT molecular complexity index is 1180. The molecule has 10 heteroatoms. The molecule has 0 radical (unpaired) electrons. The average molecular weight is 405 g/mol. The van der Waals surface area contributed by atoms with Crippen LogP contribution in [0.5, 0.6) is 11.6 Å². The molecule has 0 aliphatic heterocycles. The van der Waals surface area contributed by atoms with Gasteiger partial charge in [-0.15, -0.1) is 0 Å². The lowest BCUT2D eigenvalue weighted by atomic mass is 10.2. The number of benzene rings is 1. The van der Waals surface area contributed by atoms with Gasteiger partial charge in [-0.05, 0) is 25.5 Å². The third-order valence-electron chi connectivity index (χ3n) is 4.45. The van der Waals surface area contributed by atoms with Gasteiger partial charge < -0.3 is 14.6 Å². The number of hydrogen-bond acceptors (Lipinski definition) is 8. The molecule has 4 aromatic rings. The first-order chi connectivity index (χ1) is 14.6. The molecule has 3 aromatic heterocycles. The summed E-state index contributed by atoms with van der Waals surface area (Å²) in [6, 6.07) is 9.23. The summed E-state index contributed by atoms with van der Waals surface area (Å²) in [5, 5.41) is 15.6. The number of aryl methyl sites for hydroxylation is 2. The van der Waals surface area contributed by atoms with E-state index in [9.17, 15) is 10.1 Å². The van der Waals surface area contributed by atoms with Gasteiger partial charge in [-0.1, -0.05) is 18.2 Å². The van der Waals surface area contributed by atoms with E-state index in [1.165, 1.54) is 6.33 Å². The number of nitrogens with zero attached hydrogens (tertiary/aromatic N) is 6. The zero-order valence-electron chi connectivity index (χ0n) is 16.2. The smallest absolute Gasteiger partial charge is 0.373 e. The molecule has 0 saturated heterocycles. The van der Waals surface area contributed by atoms with Crippen LogP contribution in [0.15, 0.2) is 55.4 Å². The highest BCUT2D eigenvalue weighted by atomic mass is 16.6. The number of nitrogens with one attached hydrogen (secondary N) is 1. The number of hydrogen-bond donors (Lipinski definition) is 1. The van der Waals surface area contributed by atoms with Gasteiger partial charge in [0, 0.05) is 36.6 Å². The highest BCUT2D eigenvalue weighted by Gasteiger charge is 2.25. The second-order valence-corrected chi connectivity index (χ2v) is 6.60.